The van der Waals surface area contributed by atoms with Crippen LogP contribution in [0, 0.1) is 5.92 Å². The highest BCUT2D eigenvalue weighted by molar-refractivity contribution is 5.01. The molecule has 1 aliphatic carbocycles. The molecule has 0 saturated heterocycles. The third-order valence-electron chi connectivity index (χ3n) is 4.49. The average molecular weight is 240 g/mol. The second-order valence-electron chi connectivity index (χ2n) is 6.29. The van der Waals surface area contributed by atoms with Gasteiger partial charge in [-0.1, -0.05) is 33.6 Å². The first-order valence-corrected chi connectivity index (χ1v) is 7.43. The van der Waals surface area contributed by atoms with Crippen LogP contribution in [0.5, 0.6) is 0 Å². The SMILES string of the molecule is CCNC(CCC(C)C)C1(N(C)C)CCCC1. The zero-order valence-corrected chi connectivity index (χ0v) is 12.6. The van der Waals surface area contributed by atoms with Gasteiger partial charge in [0.1, 0.15) is 0 Å². The van der Waals surface area contributed by atoms with Crippen molar-refractivity contribution in [2.45, 2.75) is 70.9 Å². The number of hydrogen-bond acceptors (Lipinski definition) is 2. The first-order valence-electron chi connectivity index (χ1n) is 7.43. The van der Waals surface area contributed by atoms with Gasteiger partial charge in [0, 0.05) is 11.6 Å². The Balaban J connectivity index is 2.71. The van der Waals surface area contributed by atoms with Crippen LogP contribution in [0.2, 0.25) is 0 Å². The first-order chi connectivity index (χ1) is 8.03. The zero-order chi connectivity index (χ0) is 12.9. The molecule has 0 aromatic rings. The molecule has 1 N–H and O–H groups in total. The maximum Gasteiger partial charge on any atom is 0.0356 e. The van der Waals surface area contributed by atoms with Crippen molar-refractivity contribution in [1.29, 1.82) is 0 Å². The van der Waals surface area contributed by atoms with Crippen molar-refractivity contribution < 1.29 is 0 Å². The lowest BCUT2D eigenvalue weighted by atomic mass is 9.83. The van der Waals surface area contributed by atoms with Gasteiger partial charge in [-0.05, 0) is 52.2 Å². The average Bonchev–Trinajstić information content (AvgIpc) is 2.74. The van der Waals surface area contributed by atoms with E-state index < -0.39 is 0 Å². The highest BCUT2D eigenvalue weighted by Crippen LogP contribution is 2.38. The van der Waals surface area contributed by atoms with Crippen molar-refractivity contribution in [2.75, 3.05) is 20.6 Å². The van der Waals surface area contributed by atoms with Gasteiger partial charge in [0.2, 0.25) is 0 Å². The standard InChI is InChI=1S/C15H32N2/c1-6-16-14(10-9-13(2)3)15(17(4)5)11-7-8-12-15/h13-14,16H,6-12H2,1-5H3. The van der Waals surface area contributed by atoms with E-state index in [9.17, 15) is 0 Å². The summed E-state index contributed by atoms with van der Waals surface area (Å²) in [4.78, 5) is 2.49. The van der Waals surface area contributed by atoms with E-state index in [0.717, 1.165) is 12.5 Å². The van der Waals surface area contributed by atoms with E-state index >= 15 is 0 Å². The molecule has 0 heterocycles. The quantitative estimate of drug-likeness (QED) is 0.735. The molecule has 1 unspecified atom stereocenters. The molecular weight excluding hydrogens is 208 g/mol. The first kappa shape index (κ1) is 15.0. The maximum atomic E-state index is 3.76. The monoisotopic (exact) mass is 240 g/mol. The molecule has 0 radical (unpaired) electrons. The second-order valence-corrected chi connectivity index (χ2v) is 6.29. The van der Waals surface area contributed by atoms with Gasteiger partial charge in [-0.25, -0.2) is 0 Å². The van der Waals surface area contributed by atoms with Gasteiger partial charge in [0.25, 0.3) is 0 Å². The molecule has 0 spiro atoms. The minimum Gasteiger partial charge on any atom is -0.312 e. The van der Waals surface area contributed by atoms with Crippen molar-refractivity contribution in [3.05, 3.63) is 0 Å². The van der Waals surface area contributed by atoms with E-state index in [1.807, 2.05) is 0 Å². The molecule has 1 rings (SSSR count). The third kappa shape index (κ3) is 3.69. The zero-order valence-electron chi connectivity index (χ0n) is 12.6. The minimum absolute atomic E-state index is 0.422. The van der Waals surface area contributed by atoms with Crippen LogP contribution in [0.4, 0.5) is 0 Å². The van der Waals surface area contributed by atoms with Crippen LogP contribution < -0.4 is 5.32 Å². The van der Waals surface area contributed by atoms with Gasteiger partial charge in [0.05, 0.1) is 0 Å². The summed E-state index contributed by atoms with van der Waals surface area (Å²) in [5.74, 6) is 0.816. The predicted octanol–water partition coefficient (Wildman–Crippen LogP) is 3.28. The van der Waals surface area contributed by atoms with Crippen LogP contribution in [-0.4, -0.2) is 37.1 Å². The summed E-state index contributed by atoms with van der Waals surface area (Å²) in [6.45, 7) is 8.00. The molecule has 2 nitrogen and oxygen atoms in total. The molecule has 1 fully saturated rings. The topological polar surface area (TPSA) is 15.3 Å². The van der Waals surface area contributed by atoms with Crippen molar-refractivity contribution in [2.24, 2.45) is 5.92 Å². The van der Waals surface area contributed by atoms with Gasteiger partial charge in [0.15, 0.2) is 0 Å². The van der Waals surface area contributed by atoms with Gasteiger partial charge < -0.3 is 10.2 Å². The van der Waals surface area contributed by atoms with E-state index in [1.165, 1.54) is 38.5 Å². The Bertz CT molecular complexity index is 205. The molecule has 0 bridgehead atoms. The van der Waals surface area contributed by atoms with Gasteiger partial charge >= 0.3 is 0 Å². The Morgan fingerprint density at radius 1 is 1.12 bits per heavy atom. The predicted molar refractivity (Wildman–Crippen MR) is 76.4 cm³/mol. The third-order valence-corrected chi connectivity index (χ3v) is 4.49. The van der Waals surface area contributed by atoms with Crippen LogP contribution in [0.15, 0.2) is 0 Å². The molecule has 1 aliphatic rings. The summed E-state index contributed by atoms with van der Waals surface area (Å²) in [5, 5.41) is 3.76. The summed E-state index contributed by atoms with van der Waals surface area (Å²) in [6.07, 6.45) is 8.21. The lowest BCUT2D eigenvalue weighted by molar-refractivity contribution is 0.0977. The fourth-order valence-corrected chi connectivity index (χ4v) is 3.40. The Kier molecular flexibility index (Phi) is 5.94. The molecule has 0 amide bonds. The van der Waals surface area contributed by atoms with E-state index in [0.29, 0.717) is 11.6 Å². The van der Waals surface area contributed by atoms with Crippen molar-refractivity contribution in [1.82, 2.24) is 10.2 Å². The molecular formula is C15H32N2. The van der Waals surface area contributed by atoms with Crippen LogP contribution in [0.3, 0.4) is 0 Å². The normalized spacial score (nSPS) is 21.4. The number of nitrogens with one attached hydrogen (secondary N) is 1. The largest absolute Gasteiger partial charge is 0.312 e. The molecule has 2 heteroatoms. The highest BCUT2D eigenvalue weighted by Gasteiger charge is 2.42. The van der Waals surface area contributed by atoms with E-state index in [2.05, 4.69) is 45.1 Å². The number of nitrogens with zero attached hydrogens (tertiary/aromatic N) is 1. The number of hydrogen-bond donors (Lipinski definition) is 1. The molecule has 1 atom stereocenters. The Morgan fingerprint density at radius 2 is 1.71 bits per heavy atom. The molecule has 1 saturated carbocycles. The van der Waals surface area contributed by atoms with Crippen LogP contribution in [0.25, 0.3) is 0 Å². The van der Waals surface area contributed by atoms with Crippen LogP contribution in [0.1, 0.15) is 59.3 Å². The number of likely N-dealkylation sites (N-methyl/N-ethyl adjacent to an activating group) is 2. The maximum absolute atomic E-state index is 3.76. The summed E-state index contributed by atoms with van der Waals surface area (Å²) >= 11 is 0. The molecule has 17 heavy (non-hydrogen) atoms. The smallest absolute Gasteiger partial charge is 0.0356 e. The van der Waals surface area contributed by atoms with Gasteiger partial charge in [-0.3, -0.25) is 0 Å². The van der Waals surface area contributed by atoms with Crippen LogP contribution in [-0.2, 0) is 0 Å². The molecule has 102 valence electrons. The van der Waals surface area contributed by atoms with E-state index in [4.69, 9.17) is 0 Å². The lowest BCUT2D eigenvalue weighted by Crippen LogP contribution is -2.57. The van der Waals surface area contributed by atoms with Crippen molar-refractivity contribution in [3.8, 4) is 0 Å². The van der Waals surface area contributed by atoms with E-state index in [-0.39, 0.29) is 0 Å². The molecule has 0 aromatic heterocycles. The van der Waals surface area contributed by atoms with Crippen molar-refractivity contribution in [3.63, 3.8) is 0 Å². The second kappa shape index (κ2) is 6.75. The number of rotatable bonds is 7. The summed E-state index contributed by atoms with van der Waals surface area (Å²) in [5.41, 5.74) is 0.422. The fourth-order valence-electron chi connectivity index (χ4n) is 3.40. The van der Waals surface area contributed by atoms with Crippen molar-refractivity contribution >= 4 is 0 Å². The Labute approximate surface area is 108 Å². The molecule has 0 aliphatic heterocycles. The highest BCUT2D eigenvalue weighted by atomic mass is 15.2. The van der Waals surface area contributed by atoms with Gasteiger partial charge in [-0.2, -0.15) is 0 Å². The molecule has 0 aromatic carbocycles. The Hall–Kier alpha value is -0.0800. The summed E-state index contributed by atoms with van der Waals surface area (Å²) < 4.78 is 0. The van der Waals surface area contributed by atoms with E-state index in [1.54, 1.807) is 0 Å². The minimum atomic E-state index is 0.422. The van der Waals surface area contributed by atoms with Crippen LogP contribution >= 0.6 is 0 Å². The van der Waals surface area contributed by atoms with Gasteiger partial charge in [-0.15, -0.1) is 0 Å². The Morgan fingerprint density at radius 3 is 2.12 bits per heavy atom. The summed E-state index contributed by atoms with van der Waals surface area (Å²) in [7, 11) is 4.54. The summed E-state index contributed by atoms with van der Waals surface area (Å²) in [6, 6.07) is 0.674. The lowest BCUT2D eigenvalue weighted by Gasteiger charge is -2.44. The fraction of sp³-hybridized carbons (Fsp3) is 1.00.